The van der Waals surface area contributed by atoms with Gasteiger partial charge in [-0.05, 0) is 17.4 Å². The normalized spacial score (nSPS) is 30.0. The number of carbonyl (C=O) groups excluding carboxylic acids is 2. The summed E-state index contributed by atoms with van der Waals surface area (Å²) in [5.74, 6) is 0.313. The van der Waals surface area contributed by atoms with Crippen LogP contribution < -0.4 is 0 Å². The molecule has 4 rings (SSSR count). The number of urea groups is 1. The predicted octanol–water partition coefficient (Wildman–Crippen LogP) is 2.54. The summed E-state index contributed by atoms with van der Waals surface area (Å²) in [5.41, 5.74) is 1.43. The van der Waals surface area contributed by atoms with Crippen LogP contribution in [0.3, 0.4) is 0 Å². The molecule has 2 aliphatic heterocycles. The second kappa shape index (κ2) is 5.84. The Morgan fingerprint density at radius 3 is 2.48 bits per heavy atom. The fraction of sp³-hybridized carbons (Fsp3) is 0.600. The van der Waals surface area contributed by atoms with Crippen LogP contribution in [0.1, 0.15) is 38.7 Å². The third kappa shape index (κ3) is 3.06. The number of rotatable bonds is 3. The number of hydrogen-bond acceptors (Lipinski definition) is 3. The highest BCUT2D eigenvalue weighted by Gasteiger charge is 2.56. The minimum Gasteiger partial charge on any atom is -0.310 e. The first kappa shape index (κ1) is 16.6. The van der Waals surface area contributed by atoms with Crippen LogP contribution in [0.5, 0.6) is 0 Å². The van der Waals surface area contributed by atoms with Crippen molar-refractivity contribution in [3.63, 3.8) is 0 Å². The molecule has 0 unspecified atom stereocenters. The predicted molar refractivity (Wildman–Crippen MR) is 96.2 cm³/mol. The highest BCUT2D eigenvalue weighted by atomic mass is 16.2. The van der Waals surface area contributed by atoms with Gasteiger partial charge in [0.05, 0.1) is 0 Å². The molecular weight excluding hydrogens is 314 g/mol. The van der Waals surface area contributed by atoms with E-state index < -0.39 is 0 Å². The zero-order valence-electron chi connectivity index (χ0n) is 15.3. The van der Waals surface area contributed by atoms with E-state index in [1.165, 1.54) is 5.56 Å². The van der Waals surface area contributed by atoms with Gasteiger partial charge in [-0.15, -0.1) is 0 Å². The average Bonchev–Trinajstić information content (AvgIpc) is 3.30. The van der Waals surface area contributed by atoms with Crippen molar-refractivity contribution in [1.82, 2.24) is 14.7 Å². The number of hydrogen-bond donors (Lipinski definition) is 0. The summed E-state index contributed by atoms with van der Waals surface area (Å²) in [5, 5.41) is 0. The van der Waals surface area contributed by atoms with Crippen molar-refractivity contribution in [2.24, 2.45) is 5.41 Å². The van der Waals surface area contributed by atoms with Gasteiger partial charge in [-0.1, -0.05) is 51.1 Å². The fourth-order valence-electron chi connectivity index (χ4n) is 4.32. The summed E-state index contributed by atoms with van der Waals surface area (Å²) < 4.78 is 0. The minimum atomic E-state index is -0.291. The largest absolute Gasteiger partial charge is 0.327 e. The molecule has 1 aliphatic carbocycles. The van der Waals surface area contributed by atoms with Gasteiger partial charge in [0, 0.05) is 38.1 Å². The molecule has 0 radical (unpaired) electrons. The maximum absolute atomic E-state index is 13.0. The van der Waals surface area contributed by atoms with Crippen LogP contribution in [0, 0.1) is 5.41 Å². The maximum Gasteiger partial charge on any atom is 0.327 e. The van der Waals surface area contributed by atoms with Crippen LogP contribution in [0.2, 0.25) is 0 Å². The van der Waals surface area contributed by atoms with Crippen LogP contribution in [0.25, 0.3) is 0 Å². The first-order valence-electron chi connectivity index (χ1n) is 9.26. The van der Waals surface area contributed by atoms with E-state index >= 15 is 0 Å². The molecule has 25 heavy (non-hydrogen) atoms. The molecule has 5 heteroatoms. The van der Waals surface area contributed by atoms with Gasteiger partial charge in [0.1, 0.15) is 6.04 Å². The summed E-state index contributed by atoms with van der Waals surface area (Å²) >= 11 is 0. The Balaban J connectivity index is 1.46. The first-order valence-corrected chi connectivity index (χ1v) is 9.26. The molecule has 0 bridgehead atoms. The number of carbonyl (C=O) groups is 2. The van der Waals surface area contributed by atoms with Crippen molar-refractivity contribution in [1.29, 1.82) is 0 Å². The van der Waals surface area contributed by atoms with Crippen LogP contribution in [-0.4, -0.2) is 64.9 Å². The van der Waals surface area contributed by atoms with E-state index in [1.807, 2.05) is 18.2 Å². The second-order valence-corrected chi connectivity index (χ2v) is 8.82. The average molecular weight is 341 g/mol. The lowest BCUT2D eigenvalue weighted by atomic mass is 9.95. The van der Waals surface area contributed by atoms with Gasteiger partial charge < -0.3 is 4.90 Å². The second-order valence-electron chi connectivity index (χ2n) is 8.82. The zero-order chi connectivity index (χ0) is 17.8. The van der Waals surface area contributed by atoms with Crippen molar-refractivity contribution < 1.29 is 9.59 Å². The quantitative estimate of drug-likeness (QED) is 0.794. The fourth-order valence-corrected chi connectivity index (χ4v) is 4.32. The highest BCUT2D eigenvalue weighted by molar-refractivity contribution is 6.05. The monoisotopic (exact) mass is 341 g/mol. The number of fused-ring (bicyclic) bond motifs is 1. The molecule has 134 valence electrons. The Hall–Kier alpha value is -1.88. The van der Waals surface area contributed by atoms with E-state index in [9.17, 15) is 9.59 Å². The van der Waals surface area contributed by atoms with Crippen LogP contribution >= 0.6 is 0 Å². The Morgan fingerprint density at radius 2 is 1.80 bits per heavy atom. The SMILES string of the molecule is CC(C)(C)CN1CCN2C(=O)N([C@H]3C[C@@H]3c3ccccc3)C(=O)[C@@H]2C1. The van der Waals surface area contributed by atoms with Gasteiger partial charge >= 0.3 is 6.03 Å². The first-order chi connectivity index (χ1) is 11.8. The summed E-state index contributed by atoms with van der Waals surface area (Å²) in [6, 6.07) is 9.90. The van der Waals surface area contributed by atoms with Gasteiger partial charge in [-0.25, -0.2) is 4.79 Å². The van der Waals surface area contributed by atoms with Crippen molar-refractivity contribution in [3.8, 4) is 0 Å². The minimum absolute atomic E-state index is 0.00652. The molecule has 0 spiro atoms. The Labute approximate surface area is 149 Å². The molecule has 1 saturated carbocycles. The summed E-state index contributed by atoms with van der Waals surface area (Å²) in [6.07, 6.45) is 0.897. The molecule has 3 fully saturated rings. The molecule has 3 atom stereocenters. The third-order valence-corrected chi connectivity index (χ3v) is 5.45. The molecule has 2 saturated heterocycles. The van der Waals surface area contributed by atoms with Crippen molar-refractivity contribution in [2.75, 3.05) is 26.2 Å². The summed E-state index contributed by atoms with van der Waals surface area (Å²) in [7, 11) is 0. The van der Waals surface area contributed by atoms with E-state index in [0.717, 1.165) is 19.5 Å². The van der Waals surface area contributed by atoms with E-state index in [2.05, 4.69) is 37.8 Å². The number of piperazine rings is 1. The lowest BCUT2D eigenvalue weighted by Crippen LogP contribution is -2.54. The van der Waals surface area contributed by atoms with Crippen LogP contribution in [-0.2, 0) is 4.79 Å². The Bertz CT molecular complexity index is 682. The number of benzene rings is 1. The Kier molecular flexibility index (Phi) is 3.87. The third-order valence-electron chi connectivity index (χ3n) is 5.45. The van der Waals surface area contributed by atoms with E-state index in [4.69, 9.17) is 0 Å². The van der Waals surface area contributed by atoms with Crippen molar-refractivity contribution >= 4 is 11.9 Å². The molecular formula is C20H27N3O2. The zero-order valence-corrected chi connectivity index (χ0v) is 15.3. The molecule has 3 amide bonds. The lowest BCUT2D eigenvalue weighted by molar-refractivity contribution is -0.130. The summed E-state index contributed by atoms with van der Waals surface area (Å²) in [4.78, 5) is 31.5. The smallest absolute Gasteiger partial charge is 0.310 e. The van der Waals surface area contributed by atoms with E-state index in [0.29, 0.717) is 19.0 Å². The van der Waals surface area contributed by atoms with Gasteiger partial charge in [-0.3, -0.25) is 14.6 Å². The lowest BCUT2D eigenvalue weighted by Gasteiger charge is -2.38. The molecule has 1 aromatic rings. The van der Waals surface area contributed by atoms with E-state index in [-0.39, 0.29) is 29.4 Å². The van der Waals surface area contributed by atoms with Crippen molar-refractivity contribution in [3.05, 3.63) is 35.9 Å². The van der Waals surface area contributed by atoms with E-state index in [1.54, 1.807) is 9.80 Å². The number of nitrogens with zero attached hydrogens (tertiary/aromatic N) is 3. The topological polar surface area (TPSA) is 43.9 Å². The van der Waals surface area contributed by atoms with Crippen LogP contribution in [0.4, 0.5) is 4.79 Å². The van der Waals surface area contributed by atoms with Crippen LogP contribution in [0.15, 0.2) is 30.3 Å². The molecule has 3 aliphatic rings. The molecule has 2 heterocycles. The standard InChI is InChI=1S/C20H27N3O2/c1-20(2,3)13-21-9-10-22-17(12-21)18(24)23(19(22)25)16-11-15(16)14-7-5-4-6-8-14/h4-8,15-17H,9-13H2,1-3H3/t15-,16+,17+/m1/s1. The van der Waals surface area contributed by atoms with Gasteiger partial charge in [0.15, 0.2) is 0 Å². The van der Waals surface area contributed by atoms with Gasteiger partial charge in [-0.2, -0.15) is 0 Å². The molecule has 0 N–H and O–H groups in total. The summed E-state index contributed by atoms with van der Waals surface area (Å²) in [6.45, 7) is 9.76. The molecule has 0 aromatic heterocycles. The van der Waals surface area contributed by atoms with Gasteiger partial charge in [0.25, 0.3) is 5.91 Å². The number of amides is 3. The van der Waals surface area contributed by atoms with Crippen molar-refractivity contribution in [2.45, 2.75) is 45.2 Å². The maximum atomic E-state index is 13.0. The molecule has 1 aromatic carbocycles. The Morgan fingerprint density at radius 1 is 1.08 bits per heavy atom. The molecule has 5 nitrogen and oxygen atoms in total. The number of imide groups is 1. The highest BCUT2D eigenvalue weighted by Crippen LogP contribution is 2.46. The van der Waals surface area contributed by atoms with Gasteiger partial charge in [0.2, 0.25) is 0 Å².